The van der Waals surface area contributed by atoms with Crippen molar-refractivity contribution in [1.82, 2.24) is 0 Å². The molecule has 0 spiro atoms. The molecule has 0 radical (unpaired) electrons. The average molecular weight is 257 g/mol. The summed E-state index contributed by atoms with van der Waals surface area (Å²) in [6, 6.07) is 9.02. The molecule has 94 valence electrons. The van der Waals surface area contributed by atoms with Gasteiger partial charge in [-0.25, -0.2) is 0 Å². The first-order valence-electron chi connectivity index (χ1n) is 6.51. The first-order chi connectivity index (χ1) is 8.64. The summed E-state index contributed by atoms with van der Waals surface area (Å²) >= 11 is 1.85. The molecule has 1 saturated carbocycles. The Morgan fingerprint density at radius 3 is 2.67 bits per heavy atom. The van der Waals surface area contributed by atoms with Gasteiger partial charge in [0.15, 0.2) is 0 Å². The van der Waals surface area contributed by atoms with E-state index in [-0.39, 0.29) is 0 Å². The third-order valence-corrected chi connectivity index (χ3v) is 5.08. The minimum Gasteiger partial charge on any atom is -0.330 e. The number of nitrogens with two attached hydrogens (primary N) is 1. The Kier molecular flexibility index (Phi) is 2.80. The average Bonchev–Trinajstić information content (AvgIpc) is 3.02. The van der Waals surface area contributed by atoms with E-state index in [1.54, 1.807) is 0 Å². The summed E-state index contributed by atoms with van der Waals surface area (Å²) in [5.41, 5.74) is 11.7. The zero-order chi connectivity index (χ0) is 12.8. The summed E-state index contributed by atoms with van der Waals surface area (Å²) in [7, 11) is 0. The topological polar surface area (TPSA) is 26.0 Å². The fourth-order valence-corrected chi connectivity index (χ4v) is 3.63. The molecule has 0 unspecified atom stereocenters. The molecular weight excluding hydrogens is 238 g/mol. The molecule has 2 N–H and O–H groups in total. The van der Waals surface area contributed by atoms with E-state index in [0.717, 1.165) is 6.54 Å². The molecule has 1 aliphatic rings. The highest BCUT2D eigenvalue weighted by molar-refractivity contribution is 7.13. The summed E-state index contributed by atoms with van der Waals surface area (Å²) in [4.78, 5) is 1.38. The van der Waals surface area contributed by atoms with Crippen LogP contribution in [0.3, 0.4) is 0 Å². The molecule has 0 amide bonds. The van der Waals surface area contributed by atoms with E-state index >= 15 is 0 Å². The smallest absolute Gasteiger partial charge is 0.0348 e. The van der Waals surface area contributed by atoms with Gasteiger partial charge >= 0.3 is 0 Å². The van der Waals surface area contributed by atoms with Crippen molar-refractivity contribution in [3.63, 3.8) is 0 Å². The summed E-state index contributed by atoms with van der Waals surface area (Å²) in [5.74, 6) is 0. The van der Waals surface area contributed by atoms with E-state index in [0.29, 0.717) is 5.41 Å². The molecule has 0 aliphatic heterocycles. The first-order valence-corrected chi connectivity index (χ1v) is 7.39. The van der Waals surface area contributed by atoms with Crippen molar-refractivity contribution >= 4 is 11.3 Å². The van der Waals surface area contributed by atoms with E-state index in [1.807, 2.05) is 11.3 Å². The van der Waals surface area contributed by atoms with Crippen LogP contribution in [0.5, 0.6) is 0 Å². The molecule has 2 aromatic rings. The highest BCUT2D eigenvalue weighted by Gasteiger charge is 2.43. The zero-order valence-corrected chi connectivity index (χ0v) is 11.8. The molecule has 1 nitrogen and oxygen atoms in total. The monoisotopic (exact) mass is 257 g/mol. The van der Waals surface area contributed by atoms with Crippen molar-refractivity contribution in [3.8, 4) is 10.4 Å². The van der Waals surface area contributed by atoms with Gasteiger partial charge in [-0.15, -0.1) is 11.3 Å². The summed E-state index contributed by atoms with van der Waals surface area (Å²) < 4.78 is 0. The Balaban J connectivity index is 2.00. The van der Waals surface area contributed by atoms with Crippen molar-refractivity contribution < 1.29 is 0 Å². The van der Waals surface area contributed by atoms with Crippen LogP contribution in [-0.4, -0.2) is 6.54 Å². The number of thiophene rings is 1. The second-order valence-electron chi connectivity index (χ2n) is 5.50. The van der Waals surface area contributed by atoms with Gasteiger partial charge < -0.3 is 5.73 Å². The summed E-state index contributed by atoms with van der Waals surface area (Å²) in [5, 5.41) is 2.30. The Labute approximate surface area is 113 Å². The van der Waals surface area contributed by atoms with Crippen LogP contribution in [0.25, 0.3) is 10.4 Å². The maximum atomic E-state index is 5.91. The number of benzene rings is 1. The lowest BCUT2D eigenvalue weighted by atomic mass is 9.97. The van der Waals surface area contributed by atoms with Gasteiger partial charge in [-0.1, -0.05) is 23.8 Å². The van der Waals surface area contributed by atoms with Crippen LogP contribution < -0.4 is 5.73 Å². The highest BCUT2D eigenvalue weighted by Crippen LogP contribution is 2.49. The molecule has 18 heavy (non-hydrogen) atoms. The molecule has 1 aromatic carbocycles. The lowest BCUT2D eigenvalue weighted by Gasteiger charge is -2.09. The molecule has 0 bridgehead atoms. The third kappa shape index (κ3) is 1.90. The Morgan fingerprint density at radius 2 is 2.00 bits per heavy atom. The fourth-order valence-electron chi connectivity index (χ4n) is 2.52. The standard InChI is InChI=1S/C16H19NS/c1-11-3-4-12(2)14(7-11)15-8-13(9-18-15)16(10-17)5-6-16/h3-4,7-9H,5-6,10,17H2,1-2H3. The number of rotatable bonds is 3. The van der Waals surface area contributed by atoms with Crippen molar-refractivity contribution in [2.45, 2.75) is 32.1 Å². The predicted molar refractivity (Wildman–Crippen MR) is 79.2 cm³/mol. The van der Waals surface area contributed by atoms with Crippen molar-refractivity contribution in [2.75, 3.05) is 6.54 Å². The third-order valence-electron chi connectivity index (χ3n) is 4.11. The van der Waals surface area contributed by atoms with Gasteiger partial charge in [-0.2, -0.15) is 0 Å². The fraction of sp³-hybridized carbons (Fsp3) is 0.375. The van der Waals surface area contributed by atoms with Crippen molar-refractivity contribution in [2.24, 2.45) is 5.73 Å². The highest BCUT2D eigenvalue weighted by atomic mass is 32.1. The Hall–Kier alpha value is -1.12. The van der Waals surface area contributed by atoms with Crippen LogP contribution in [0.4, 0.5) is 0 Å². The minimum atomic E-state index is 0.312. The lowest BCUT2D eigenvalue weighted by molar-refractivity contribution is 0.708. The molecule has 1 aliphatic carbocycles. The minimum absolute atomic E-state index is 0.312. The van der Waals surface area contributed by atoms with Gasteiger partial charge in [0.1, 0.15) is 0 Å². The number of hydrogen-bond donors (Lipinski definition) is 1. The van der Waals surface area contributed by atoms with Crippen LogP contribution in [0.1, 0.15) is 29.5 Å². The van der Waals surface area contributed by atoms with E-state index in [1.165, 1.54) is 40.0 Å². The zero-order valence-electron chi connectivity index (χ0n) is 11.0. The van der Waals surface area contributed by atoms with Gasteiger partial charge in [0.25, 0.3) is 0 Å². The first kappa shape index (κ1) is 11.9. The molecule has 2 heteroatoms. The molecule has 0 atom stereocenters. The molecule has 3 rings (SSSR count). The molecular formula is C16H19NS. The van der Waals surface area contributed by atoms with Gasteiger partial charge in [0.2, 0.25) is 0 Å². The molecule has 1 fully saturated rings. The molecule has 1 heterocycles. The van der Waals surface area contributed by atoms with Gasteiger partial charge in [0.05, 0.1) is 0 Å². The Bertz CT molecular complexity index is 579. The van der Waals surface area contributed by atoms with Crippen LogP contribution in [0.15, 0.2) is 29.6 Å². The van der Waals surface area contributed by atoms with Crippen LogP contribution in [-0.2, 0) is 5.41 Å². The van der Waals surface area contributed by atoms with Crippen LogP contribution in [0, 0.1) is 13.8 Å². The number of aryl methyl sites for hydroxylation is 2. The largest absolute Gasteiger partial charge is 0.330 e. The van der Waals surface area contributed by atoms with E-state index in [9.17, 15) is 0 Å². The maximum Gasteiger partial charge on any atom is 0.0348 e. The lowest BCUT2D eigenvalue weighted by Crippen LogP contribution is -2.18. The van der Waals surface area contributed by atoms with Gasteiger partial charge in [-0.05, 0) is 54.8 Å². The SMILES string of the molecule is Cc1ccc(C)c(-c2cc(C3(CN)CC3)cs2)c1. The second-order valence-corrected chi connectivity index (χ2v) is 6.41. The van der Waals surface area contributed by atoms with E-state index in [2.05, 4.69) is 43.5 Å². The van der Waals surface area contributed by atoms with Crippen LogP contribution >= 0.6 is 11.3 Å². The quantitative estimate of drug-likeness (QED) is 0.883. The van der Waals surface area contributed by atoms with E-state index in [4.69, 9.17) is 5.73 Å². The van der Waals surface area contributed by atoms with E-state index < -0.39 is 0 Å². The Morgan fingerprint density at radius 1 is 1.22 bits per heavy atom. The molecule has 1 aromatic heterocycles. The van der Waals surface area contributed by atoms with Crippen LogP contribution in [0.2, 0.25) is 0 Å². The second kappa shape index (κ2) is 4.22. The summed E-state index contributed by atoms with van der Waals surface area (Å²) in [6.45, 7) is 5.12. The van der Waals surface area contributed by atoms with Gasteiger partial charge in [-0.3, -0.25) is 0 Å². The number of hydrogen-bond acceptors (Lipinski definition) is 2. The summed E-state index contributed by atoms with van der Waals surface area (Å²) in [6.07, 6.45) is 2.51. The van der Waals surface area contributed by atoms with Gasteiger partial charge in [0, 0.05) is 16.8 Å². The maximum absolute atomic E-state index is 5.91. The normalized spacial score (nSPS) is 16.8. The molecule has 0 saturated heterocycles. The van der Waals surface area contributed by atoms with Crippen molar-refractivity contribution in [3.05, 3.63) is 46.3 Å². The predicted octanol–water partition coefficient (Wildman–Crippen LogP) is 4.02. The van der Waals surface area contributed by atoms with Crippen molar-refractivity contribution in [1.29, 1.82) is 0 Å².